The van der Waals surface area contributed by atoms with E-state index in [0.717, 1.165) is 24.3 Å². The Balaban J connectivity index is 1.83. The number of aromatic nitrogens is 2. The number of likely N-dealkylation sites (tertiary alicyclic amines) is 1. The van der Waals surface area contributed by atoms with Crippen LogP contribution in [0.2, 0.25) is 0 Å². The minimum atomic E-state index is -0.377. The maximum atomic E-state index is 10.8. The van der Waals surface area contributed by atoms with Crippen molar-refractivity contribution < 1.29 is 4.92 Å². The highest BCUT2D eigenvalue weighted by Crippen LogP contribution is 2.21. The standard InChI is InChI=1S/C14H18N4O2/c1-16-13-5-4-11(18(19)20)10-12(13)15-14(16)6-9-17-7-2-3-8-17/h4-5,10H,2-3,6-9H2,1H3. The Labute approximate surface area is 117 Å². The van der Waals surface area contributed by atoms with Crippen molar-refractivity contribution in [3.05, 3.63) is 34.1 Å². The van der Waals surface area contributed by atoms with E-state index in [1.807, 2.05) is 11.6 Å². The molecular formula is C14H18N4O2. The second kappa shape index (κ2) is 5.20. The van der Waals surface area contributed by atoms with Gasteiger partial charge in [-0.15, -0.1) is 0 Å². The van der Waals surface area contributed by atoms with Crippen LogP contribution < -0.4 is 0 Å². The van der Waals surface area contributed by atoms with E-state index < -0.39 is 0 Å². The number of rotatable bonds is 4. The molecule has 0 spiro atoms. The van der Waals surface area contributed by atoms with Gasteiger partial charge in [0.1, 0.15) is 5.82 Å². The van der Waals surface area contributed by atoms with Crippen molar-refractivity contribution in [1.29, 1.82) is 0 Å². The van der Waals surface area contributed by atoms with E-state index in [9.17, 15) is 10.1 Å². The van der Waals surface area contributed by atoms with Crippen LogP contribution in [0.25, 0.3) is 11.0 Å². The summed E-state index contributed by atoms with van der Waals surface area (Å²) in [7, 11) is 1.97. The maximum Gasteiger partial charge on any atom is 0.271 e. The van der Waals surface area contributed by atoms with Gasteiger partial charge in [-0.1, -0.05) is 0 Å². The average Bonchev–Trinajstić information content (AvgIpc) is 3.04. The van der Waals surface area contributed by atoms with Crippen LogP contribution in [0, 0.1) is 10.1 Å². The number of aryl methyl sites for hydroxylation is 1. The van der Waals surface area contributed by atoms with E-state index in [0.29, 0.717) is 5.52 Å². The summed E-state index contributed by atoms with van der Waals surface area (Å²) in [5.41, 5.74) is 1.76. The first-order valence-corrected chi connectivity index (χ1v) is 6.97. The van der Waals surface area contributed by atoms with Crippen molar-refractivity contribution in [1.82, 2.24) is 14.5 Å². The normalized spacial score (nSPS) is 16.1. The molecule has 0 amide bonds. The van der Waals surface area contributed by atoms with Gasteiger partial charge in [0, 0.05) is 32.1 Å². The zero-order valence-corrected chi connectivity index (χ0v) is 11.6. The van der Waals surface area contributed by atoms with Crippen LogP contribution in [0.1, 0.15) is 18.7 Å². The van der Waals surface area contributed by atoms with Crippen molar-refractivity contribution >= 4 is 16.7 Å². The van der Waals surface area contributed by atoms with E-state index in [-0.39, 0.29) is 10.6 Å². The highest BCUT2D eigenvalue weighted by atomic mass is 16.6. The minimum absolute atomic E-state index is 0.0988. The van der Waals surface area contributed by atoms with Crippen molar-refractivity contribution in [2.75, 3.05) is 19.6 Å². The second-order valence-corrected chi connectivity index (χ2v) is 5.32. The zero-order chi connectivity index (χ0) is 14.1. The van der Waals surface area contributed by atoms with Gasteiger partial charge < -0.3 is 9.47 Å². The Hall–Kier alpha value is -1.95. The first kappa shape index (κ1) is 13.1. The summed E-state index contributed by atoms with van der Waals surface area (Å²) in [4.78, 5) is 17.4. The lowest BCUT2D eigenvalue weighted by atomic mass is 10.3. The van der Waals surface area contributed by atoms with Crippen LogP contribution in [-0.2, 0) is 13.5 Å². The van der Waals surface area contributed by atoms with Gasteiger partial charge >= 0.3 is 0 Å². The zero-order valence-electron chi connectivity index (χ0n) is 11.6. The van der Waals surface area contributed by atoms with Crippen LogP contribution in [0.4, 0.5) is 5.69 Å². The molecule has 0 N–H and O–H groups in total. The third kappa shape index (κ3) is 2.38. The quantitative estimate of drug-likeness (QED) is 0.633. The number of fused-ring (bicyclic) bond motifs is 1. The molecule has 106 valence electrons. The van der Waals surface area contributed by atoms with E-state index in [4.69, 9.17) is 0 Å². The topological polar surface area (TPSA) is 64.2 Å². The fraction of sp³-hybridized carbons (Fsp3) is 0.500. The number of hydrogen-bond donors (Lipinski definition) is 0. The SMILES string of the molecule is Cn1c(CCN2CCCC2)nc2cc([N+](=O)[O-])ccc21. The highest BCUT2D eigenvalue weighted by Gasteiger charge is 2.15. The number of nitro benzene ring substituents is 1. The molecule has 0 aliphatic carbocycles. The summed E-state index contributed by atoms with van der Waals surface area (Å²) in [5, 5.41) is 10.8. The highest BCUT2D eigenvalue weighted by molar-refractivity contribution is 5.78. The third-order valence-electron chi connectivity index (χ3n) is 4.02. The molecule has 6 heteroatoms. The Morgan fingerprint density at radius 1 is 1.35 bits per heavy atom. The lowest BCUT2D eigenvalue weighted by molar-refractivity contribution is -0.384. The molecule has 6 nitrogen and oxygen atoms in total. The first-order valence-electron chi connectivity index (χ1n) is 6.97. The van der Waals surface area contributed by atoms with Gasteiger partial charge in [0.05, 0.1) is 16.0 Å². The predicted molar refractivity (Wildman–Crippen MR) is 76.7 cm³/mol. The van der Waals surface area contributed by atoms with Gasteiger partial charge in [-0.2, -0.15) is 0 Å². The molecule has 0 radical (unpaired) electrons. The maximum absolute atomic E-state index is 10.8. The van der Waals surface area contributed by atoms with E-state index in [1.54, 1.807) is 12.1 Å². The van der Waals surface area contributed by atoms with Gasteiger partial charge in [0.25, 0.3) is 5.69 Å². The summed E-state index contributed by atoms with van der Waals surface area (Å²) in [6.07, 6.45) is 3.46. The lowest BCUT2D eigenvalue weighted by Gasteiger charge is -2.13. The Bertz CT molecular complexity index is 644. The number of benzene rings is 1. The molecular weight excluding hydrogens is 256 g/mol. The first-order chi connectivity index (χ1) is 9.65. The second-order valence-electron chi connectivity index (χ2n) is 5.32. The molecule has 1 aromatic heterocycles. The van der Waals surface area contributed by atoms with E-state index in [1.165, 1.54) is 32.0 Å². The van der Waals surface area contributed by atoms with Crippen LogP contribution in [0.5, 0.6) is 0 Å². The van der Waals surface area contributed by atoms with Gasteiger partial charge in [-0.25, -0.2) is 4.98 Å². The summed E-state index contributed by atoms with van der Waals surface area (Å²) >= 11 is 0. The largest absolute Gasteiger partial charge is 0.331 e. The Kier molecular flexibility index (Phi) is 3.40. The van der Waals surface area contributed by atoms with Crippen molar-refractivity contribution in [2.24, 2.45) is 7.05 Å². The molecule has 1 aliphatic rings. The summed E-state index contributed by atoms with van der Waals surface area (Å²) in [6.45, 7) is 3.37. The summed E-state index contributed by atoms with van der Waals surface area (Å²) < 4.78 is 2.04. The molecule has 1 fully saturated rings. The summed E-state index contributed by atoms with van der Waals surface area (Å²) in [5.74, 6) is 0.993. The fourth-order valence-electron chi connectivity index (χ4n) is 2.84. The summed E-state index contributed by atoms with van der Waals surface area (Å²) in [6, 6.07) is 4.86. The number of imidazole rings is 1. The molecule has 0 atom stereocenters. The fourth-order valence-corrected chi connectivity index (χ4v) is 2.84. The minimum Gasteiger partial charge on any atom is -0.331 e. The number of nitro groups is 1. The molecule has 0 bridgehead atoms. The van der Waals surface area contributed by atoms with Crippen LogP contribution >= 0.6 is 0 Å². The molecule has 2 heterocycles. The van der Waals surface area contributed by atoms with Crippen molar-refractivity contribution in [3.63, 3.8) is 0 Å². The number of hydrogen-bond acceptors (Lipinski definition) is 4. The van der Waals surface area contributed by atoms with Crippen LogP contribution in [0.3, 0.4) is 0 Å². The Morgan fingerprint density at radius 2 is 2.10 bits per heavy atom. The number of nitrogens with zero attached hydrogens (tertiary/aromatic N) is 4. The average molecular weight is 274 g/mol. The van der Waals surface area contributed by atoms with Crippen molar-refractivity contribution in [3.8, 4) is 0 Å². The molecule has 0 saturated carbocycles. The lowest BCUT2D eigenvalue weighted by Crippen LogP contribution is -2.22. The van der Waals surface area contributed by atoms with Gasteiger partial charge in [-0.3, -0.25) is 10.1 Å². The van der Waals surface area contributed by atoms with E-state index in [2.05, 4.69) is 9.88 Å². The molecule has 0 unspecified atom stereocenters. The molecule has 1 aromatic carbocycles. The molecule has 2 aromatic rings. The predicted octanol–water partition coefficient (Wildman–Crippen LogP) is 2.12. The van der Waals surface area contributed by atoms with Gasteiger partial charge in [0.2, 0.25) is 0 Å². The van der Waals surface area contributed by atoms with Crippen molar-refractivity contribution in [2.45, 2.75) is 19.3 Å². The van der Waals surface area contributed by atoms with Gasteiger partial charge in [0.15, 0.2) is 0 Å². The molecule has 1 aliphatic heterocycles. The third-order valence-corrected chi connectivity index (χ3v) is 4.02. The number of non-ortho nitro benzene ring substituents is 1. The smallest absolute Gasteiger partial charge is 0.271 e. The van der Waals surface area contributed by atoms with E-state index >= 15 is 0 Å². The Morgan fingerprint density at radius 3 is 2.80 bits per heavy atom. The molecule has 3 rings (SSSR count). The van der Waals surface area contributed by atoms with Crippen LogP contribution in [0.15, 0.2) is 18.2 Å². The molecule has 1 saturated heterocycles. The van der Waals surface area contributed by atoms with Crippen LogP contribution in [-0.4, -0.2) is 39.0 Å². The van der Waals surface area contributed by atoms with Gasteiger partial charge in [-0.05, 0) is 32.0 Å². The molecule has 20 heavy (non-hydrogen) atoms. The monoisotopic (exact) mass is 274 g/mol.